The largest absolute Gasteiger partial charge is 0.378 e. The lowest BCUT2D eigenvalue weighted by Gasteiger charge is -2.23. The van der Waals surface area contributed by atoms with Crippen LogP contribution in [0.4, 0.5) is 0 Å². The molecule has 1 aliphatic rings. The summed E-state index contributed by atoms with van der Waals surface area (Å²) >= 11 is 0. The van der Waals surface area contributed by atoms with E-state index in [1.807, 2.05) is 0 Å². The number of hydrogen-bond acceptors (Lipinski definition) is 6. The monoisotopic (exact) mass is 711 g/mol. The van der Waals surface area contributed by atoms with Gasteiger partial charge in [-0.05, 0) is 25.9 Å². The smallest absolute Gasteiger partial charge is 0.0701 e. The zero-order valence-corrected chi connectivity index (χ0v) is 34.2. The van der Waals surface area contributed by atoms with E-state index in [2.05, 4.69) is 23.6 Å². The number of rotatable bonds is 30. The fourth-order valence-corrected chi connectivity index (χ4v) is 7.15. The van der Waals surface area contributed by atoms with Gasteiger partial charge in [-0.3, -0.25) is 9.80 Å². The molecule has 0 aromatic carbocycles. The lowest BCUT2D eigenvalue weighted by molar-refractivity contribution is 0.00776. The Bertz CT molecular complexity index is 553. The summed E-state index contributed by atoms with van der Waals surface area (Å²) in [5.41, 5.74) is 0. The van der Waals surface area contributed by atoms with Crippen LogP contribution in [-0.4, -0.2) is 102 Å². The summed E-state index contributed by atoms with van der Waals surface area (Å²) in [4.78, 5) is 5.06. The second kappa shape index (κ2) is 41.5. The van der Waals surface area contributed by atoms with Crippen molar-refractivity contribution in [3.05, 3.63) is 0 Å². The maximum atomic E-state index is 5.98. The van der Waals surface area contributed by atoms with E-state index in [0.717, 1.165) is 65.7 Å². The molecule has 1 aliphatic heterocycles. The lowest BCUT2D eigenvalue weighted by Crippen LogP contribution is -2.34. The van der Waals surface area contributed by atoms with Gasteiger partial charge in [0.05, 0.1) is 52.9 Å². The highest BCUT2D eigenvalue weighted by Crippen LogP contribution is 2.15. The Labute approximate surface area is 313 Å². The van der Waals surface area contributed by atoms with Gasteiger partial charge in [0.1, 0.15) is 0 Å². The standard InChI is InChI=1S/C44H90N2O4/c1-3-5-7-9-11-13-15-17-19-21-23-25-27-29-31-45-33-37-47-41-43-49-39-35-46(36-40-50-44-42-48-38-34-45)32-30-28-26-24-22-20-18-16-14-12-10-8-6-4-2/h3-44H2,1-2H3. The third-order valence-electron chi connectivity index (χ3n) is 10.6. The zero-order chi connectivity index (χ0) is 35.7. The van der Waals surface area contributed by atoms with E-state index in [1.54, 1.807) is 0 Å². The summed E-state index contributed by atoms with van der Waals surface area (Å²) in [5.74, 6) is 0. The molecule has 300 valence electrons. The quantitative estimate of drug-likeness (QED) is 0.0692. The molecule has 1 saturated heterocycles. The lowest BCUT2D eigenvalue weighted by atomic mass is 10.0. The molecule has 0 aromatic rings. The molecule has 0 N–H and O–H groups in total. The van der Waals surface area contributed by atoms with Crippen LogP contribution < -0.4 is 0 Å². The van der Waals surface area contributed by atoms with E-state index in [9.17, 15) is 0 Å². The highest BCUT2D eigenvalue weighted by Gasteiger charge is 2.08. The van der Waals surface area contributed by atoms with Crippen molar-refractivity contribution in [2.45, 2.75) is 194 Å². The molecule has 0 unspecified atom stereocenters. The van der Waals surface area contributed by atoms with Crippen LogP contribution in [0.3, 0.4) is 0 Å². The van der Waals surface area contributed by atoms with Gasteiger partial charge in [0.2, 0.25) is 0 Å². The van der Waals surface area contributed by atoms with Gasteiger partial charge in [0, 0.05) is 26.2 Å². The van der Waals surface area contributed by atoms with Crippen LogP contribution in [-0.2, 0) is 18.9 Å². The summed E-state index contributed by atoms with van der Waals surface area (Å²) in [7, 11) is 0. The van der Waals surface area contributed by atoms with Crippen molar-refractivity contribution in [2.75, 3.05) is 92.1 Å². The van der Waals surface area contributed by atoms with Gasteiger partial charge >= 0.3 is 0 Å². The summed E-state index contributed by atoms with van der Waals surface area (Å²) < 4.78 is 23.9. The molecule has 0 aromatic heterocycles. The van der Waals surface area contributed by atoms with E-state index in [0.29, 0.717) is 26.4 Å². The Hall–Kier alpha value is -0.240. The molecule has 1 fully saturated rings. The topological polar surface area (TPSA) is 43.4 Å². The number of nitrogens with zero attached hydrogens (tertiary/aromatic N) is 2. The maximum absolute atomic E-state index is 5.98. The van der Waals surface area contributed by atoms with Crippen LogP contribution in [0.1, 0.15) is 194 Å². The van der Waals surface area contributed by atoms with Crippen molar-refractivity contribution in [3.63, 3.8) is 0 Å². The molecular formula is C44H90N2O4. The number of unbranched alkanes of at least 4 members (excludes halogenated alkanes) is 26. The van der Waals surface area contributed by atoms with Gasteiger partial charge in [-0.2, -0.15) is 0 Å². The third-order valence-corrected chi connectivity index (χ3v) is 10.6. The highest BCUT2D eigenvalue weighted by molar-refractivity contribution is 4.61. The van der Waals surface area contributed by atoms with Gasteiger partial charge in [-0.1, -0.05) is 181 Å². The van der Waals surface area contributed by atoms with E-state index >= 15 is 0 Å². The first-order valence-electron chi connectivity index (χ1n) is 22.6. The Morgan fingerprint density at radius 1 is 0.260 bits per heavy atom. The van der Waals surface area contributed by atoms with E-state index in [-0.39, 0.29) is 0 Å². The van der Waals surface area contributed by atoms with Crippen LogP contribution in [0.15, 0.2) is 0 Å². The first-order valence-corrected chi connectivity index (χ1v) is 22.6. The summed E-state index contributed by atoms with van der Waals surface area (Å²) in [6.07, 6.45) is 39.4. The van der Waals surface area contributed by atoms with Gasteiger partial charge in [0.15, 0.2) is 0 Å². The SMILES string of the molecule is CCCCCCCCCCCCCCCCN1CCOCCOCCN(CCCCCCCCCCCCCCCC)CCOCCOCC1. The molecule has 0 aliphatic carbocycles. The van der Waals surface area contributed by atoms with Crippen molar-refractivity contribution < 1.29 is 18.9 Å². The number of ether oxygens (including phenoxy) is 4. The van der Waals surface area contributed by atoms with E-state index < -0.39 is 0 Å². The predicted molar refractivity (Wildman–Crippen MR) is 217 cm³/mol. The van der Waals surface area contributed by atoms with Gasteiger partial charge in [-0.15, -0.1) is 0 Å². The third kappa shape index (κ3) is 36.1. The van der Waals surface area contributed by atoms with Crippen LogP contribution in [0.25, 0.3) is 0 Å². The second-order valence-electron chi connectivity index (χ2n) is 15.3. The van der Waals surface area contributed by atoms with Crippen molar-refractivity contribution in [1.29, 1.82) is 0 Å². The molecular weight excluding hydrogens is 620 g/mol. The highest BCUT2D eigenvalue weighted by atomic mass is 16.5. The van der Waals surface area contributed by atoms with Crippen LogP contribution in [0, 0.1) is 0 Å². The summed E-state index contributed by atoms with van der Waals surface area (Å²) in [6, 6.07) is 0. The van der Waals surface area contributed by atoms with E-state index in [4.69, 9.17) is 18.9 Å². The minimum absolute atomic E-state index is 0.686. The maximum Gasteiger partial charge on any atom is 0.0701 e. The van der Waals surface area contributed by atoms with Gasteiger partial charge < -0.3 is 18.9 Å². The first-order chi connectivity index (χ1) is 24.9. The molecule has 1 heterocycles. The normalized spacial score (nSPS) is 17.2. The molecule has 0 spiro atoms. The molecule has 0 atom stereocenters. The van der Waals surface area contributed by atoms with Gasteiger partial charge in [0.25, 0.3) is 0 Å². The molecule has 0 saturated carbocycles. The fraction of sp³-hybridized carbons (Fsp3) is 1.00. The average molecular weight is 711 g/mol. The number of hydrogen-bond donors (Lipinski definition) is 0. The van der Waals surface area contributed by atoms with Crippen molar-refractivity contribution in [3.8, 4) is 0 Å². The molecule has 0 radical (unpaired) electrons. The van der Waals surface area contributed by atoms with Crippen molar-refractivity contribution in [1.82, 2.24) is 9.80 Å². The fourth-order valence-electron chi connectivity index (χ4n) is 7.15. The first kappa shape index (κ1) is 47.8. The molecule has 1 rings (SSSR count). The summed E-state index contributed by atoms with van der Waals surface area (Å²) in [5, 5.41) is 0. The minimum Gasteiger partial charge on any atom is -0.378 e. The second-order valence-corrected chi connectivity index (χ2v) is 15.3. The average Bonchev–Trinajstić information content (AvgIpc) is 3.12. The van der Waals surface area contributed by atoms with E-state index in [1.165, 1.54) is 180 Å². The minimum atomic E-state index is 0.686. The molecule has 0 amide bonds. The van der Waals surface area contributed by atoms with Crippen LogP contribution in [0.2, 0.25) is 0 Å². The summed E-state index contributed by atoms with van der Waals surface area (Å²) in [6.45, 7) is 16.6. The Balaban J connectivity index is 2.07. The van der Waals surface area contributed by atoms with Crippen LogP contribution in [0.5, 0.6) is 0 Å². The van der Waals surface area contributed by atoms with Crippen molar-refractivity contribution >= 4 is 0 Å². The molecule has 50 heavy (non-hydrogen) atoms. The Morgan fingerprint density at radius 3 is 0.680 bits per heavy atom. The van der Waals surface area contributed by atoms with Crippen molar-refractivity contribution in [2.24, 2.45) is 0 Å². The Morgan fingerprint density at radius 2 is 0.460 bits per heavy atom. The molecule has 0 bridgehead atoms. The zero-order valence-electron chi connectivity index (χ0n) is 34.2. The molecule has 6 heteroatoms. The predicted octanol–water partition coefficient (Wildman–Crippen LogP) is 11.6. The Kier molecular flexibility index (Phi) is 39.7. The molecule has 6 nitrogen and oxygen atoms in total. The van der Waals surface area contributed by atoms with Gasteiger partial charge in [-0.25, -0.2) is 0 Å². The van der Waals surface area contributed by atoms with Crippen LogP contribution >= 0.6 is 0 Å².